The van der Waals surface area contributed by atoms with Crippen molar-refractivity contribution in [2.24, 2.45) is 12.5 Å². The first-order valence-corrected chi connectivity index (χ1v) is 6.13. The minimum atomic E-state index is -0.670. The Bertz CT molecular complexity index is 581. The number of rotatable bonds is 4. The van der Waals surface area contributed by atoms with Crippen molar-refractivity contribution in [1.82, 2.24) is 4.57 Å². The van der Waals surface area contributed by atoms with Crippen molar-refractivity contribution in [2.45, 2.75) is 20.3 Å². The second-order valence-corrected chi connectivity index (χ2v) is 5.40. The molecule has 0 unspecified atom stereocenters. The van der Waals surface area contributed by atoms with Gasteiger partial charge >= 0.3 is 0 Å². The van der Waals surface area contributed by atoms with E-state index < -0.39 is 5.41 Å². The number of aliphatic hydroxyl groups is 1. The molecule has 0 atom stereocenters. The van der Waals surface area contributed by atoms with E-state index in [0.717, 1.165) is 16.6 Å². The highest BCUT2D eigenvalue weighted by Crippen LogP contribution is 2.22. The molecule has 0 aliphatic carbocycles. The molecule has 0 amide bonds. The van der Waals surface area contributed by atoms with Gasteiger partial charge in [0.2, 0.25) is 0 Å². The number of benzene rings is 1. The lowest BCUT2D eigenvalue weighted by molar-refractivity contribution is -0.128. The number of aromatic nitrogens is 1. The third-order valence-corrected chi connectivity index (χ3v) is 3.54. The van der Waals surface area contributed by atoms with Gasteiger partial charge in [0.25, 0.3) is 0 Å². The average molecular weight is 245 g/mol. The van der Waals surface area contributed by atoms with Crippen LogP contribution in [0.4, 0.5) is 0 Å². The lowest BCUT2D eigenvalue weighted by atomic mass is 9.87. The minimum Gasteiger partial charge on any atom is -0.395 e. The third kappa shape index (κ3) is 2.18. The molecule has 0 aliphatic heterocycles. The lowest BCUT2D eigenvalue weighted by Gasteiger charge is -2.19. The predicted molar refractivity (Wildman–Crippen MR) is 72.5 cm³/mol. The number of hydrogen-bond donors (Lipinski definition) is 1. The summed E-state index contributed by atoms with van der Waals surface area (Å²) in [5.74, 6) is 0.0657. The van der Waals surface area contributed by atoms with Gasteiger partial charge in [-0.2, -0.15) is 0 Å². The molecule has 0 fully saturated rings. The quantitative estimate of drug-likeness (QED) is 0.898. The van der Waals surface area contributed by atoms with Crippen LogP contribution >= 0.6 is 0 Å². The fourth-order valence-electron chi connectivity index (χ4n) is 2.01. The monoisotopic (exact) mass is 245 g/mol. The van der Waals surface area contributed by atoms with Crippen molar-refractivity contribution in [2.75, 3.05) is 6.61 Å². The number of fused-ring (bicyclic) bond motifs is 1. The molecule has 0 saturated heterocycles. The molecule has 0 saturated carbocycles. The summed E-state index contributed by atoms with van der Waals surface area (Å²) >= 11 is 0. The summed E-state index contributed by atoms with van der Waals surface area (Å²) < 4.78 is 2.04. The molecule has 1 aromatic carbocycles. The number of para-hydroxylation sites is 1. The first-order chi connectivity index (χ1) is 8.45. The van der Waals surface area contributed by atoms with E-state index in [9.17, 15) is 9.90 Å². The van der Waals surface area contributed by atoms with Crippen LogP contribution in [-0.2, 0) is 18.3 Å². The molecule has 0 bridgehead atoms. The molecule has 3 heteroatoms. The van der Waals surface area contributed by atoms with E-state index in [4.69, 9.17) is 0 Å². The number of carbonyl (C=O) groups excluding carboxylic acids is 1. The number of nitrogens with zero attached hydrogens (tertiary/aromatic N) is 1. The summed E-state index contributed by atoms with van der Waals surface area (Å²) in [5, 5.41) is 10.4. The number of carbonyl (C=O) groups is 1. The van der Waals surface area contributed by atoms with Crippen LogP contribution in [0.2, 0.25) is 0 Å². The molecule has 0 radical (unpaired) electrons. The summed E-state index contributed by atoms with van der Waals surface area (Å²) in [4.78, 5) is 12.1. The van der Waals surface area contributed by atoms with Crippen LogP contribution in [0.5, 0.6) is 0 Å². The van der Waals surface area contributed by atoms with Crippen LogP contribution in [0.15, 0.2) is 30.3 Å². The van der Waals surface area contributed by atoms with Crippen LogP contribution in [0.1, 0.15) is 19.5 Å². The zero-order valence-electron chi connectivity index (χ0n) is 11.1. The van der Waals surface area contributed by atoms with Crippen LogP contribution in [0.25, 0.3) is 10.9 Å². The van der Waals surface area contributed by atoms with Crippen molar-refractivity contribution in [3.05, 3.63) is 36.0 Å². The zero-order chi connectivity index (χ0) is 13.3. The van der Waals surface area contributed by atoms with Gasteiger partial charge in [-0.3, -0.25) is 4.79 Å². The van der Waals surface area contributed by atoms with Gasteiger partial charge in [0.05, 0.1) is 6.61 Å². The lowest BCUT2D eigenvalue weighted by Crippen LogP contribution is -2.30. The number of ketones is 1. The van der Waals surface area contributed by atoms with Gasteiger partial charge in [-0.1, -0.05) is 32.0 Å². The van der Waals surface area contributed by atoms with E-state index >= 15 is 0 Å². The van der Waals surface area contributed by atoms with Gasteiger partial charge in [0, 0.05) is 30.1 Å². The highest BCUT2D eigenvalue weighted by Gasteiger charge is 2.27. The van der Waals surface area contributed by atoms with Crippen LogP contribution in [0, 0.1) is 5.41 Å². The topological polar surface area (TPSA) is 42.2 Å². The Hall–Kier alpha value is -1.61. The Morgan fingerprint density at radius 2 is 2.00 bits per heavy atom. The number of Topliss-reactive ketones (excluding diaryl/α,β-unsaturated/α-hetero) is 1. The molecule has 2 rings (SSSR count). The highest BCUT2D eigenvalue weighted by molar-refractivity contribution is 5.88. The van der Waals surface area contributed by atoms with E-state index in [1.54, 1.807) is 13.8 Å². The van der Waals surface area contributed by atoms with Gasteiger partial charge in [-0.25, -0.2) is 0 Å². The molecule has 1 heterocycles. The Kier molecular flexibility index (Phi) is 3.26. The van der Waals surface area contributed by atoms with E-state index in [1.165, 1.54) is 0 Å². The normalized spacial score (nSPS) is 12.0. The summed E-state index contributed by atoms with van der Waals surface area (Å²) in [6.45, 7) is 3.44. The van der Waals surface area contributed by atoms with Crippen molar-refractivity contribution in [1.29, 1.82) is 0 Å². The van der Waals surface area contributed by atoms with E-state index in [2.05, 4.69) is 0 Å². The van der Waals surface area contributed by atoms with Crippen LogP contribution < -0.4 is 0 Å². The molecule has 96 valence electrons. The maximum Gasteiger partial charge on any atom is 0.146 e. The van der Waals surface area contributed by atoms with Crippen molar-refractivity contribution in [3.8, 4) is 0 Å². The molecular formula is C15H19NO2. The molecule has 1 N–H and O–H groups in total. The first-order valence-electron chi connectivity index (χ1n) is 6.13. The smallest absolute Gasteiger partial charge is 0.146 e. The third-order valence-electron chi connectivity index (χ3n) is 3.54. The highest BCUT2D eigenvalue weighted by atomic mass is 16.3. The summed E-state index contributed by atoms with van der Waals surface area (Å²) in [6.07, 6.45) is 0.360. The Labute approximate surface area is 107 Å². The standard InChI is InChI=1S/C15H19NO2/c1-15(2,10-17)14(18)9-12-8-11-6-4-5-7-13(11)16(12)3/h4-8,17H,9-10H2,1-3H3. The van der Waals surface area contributed by atoms with Gasteiger partial charge in [-0.05, 0) is 17.5 Å². The molecule has 1 aromatic heterocycles. The molecule has 2 aromatic rings. The maximum atomic E-state index is 12.1. The largest absolute Gasteiger partial charge is 0.395 e. The first kappa shape index (κ1) is 12.8. The van der Waals surface area contributed by atoms with E-state index in [-0.39, 0.29) is 12.4 Å². The average Bonchev–Trinajstić information content (AvgIpc) is 2.67. The molecular weight excluding hydrogens is 226 g/mol. The summed E-state index contributed by atoms with van der Waals surface area (Å²) in [6, 6.07) is 10.1. The van der Waals surface area contributed by atoms with Gasteiger partial charge < -0.3 is 9.67 Å². The zero-order valence-corrected chi connectivity index (χ0v) is 11.1. The van der Waals surface area contributed by atoms with E-state index in [0.29, 0.717) is 6.42 Å². The molecule has 0 spiro atoms. The Morgan fingerprint density at radius 1 is 1.33 bits per heavy atom. The minimum absolute atomic E-state index is 0.0657. The van der Waals surface area contributed by atoms with Crippen molar-refractivity contribution >= 4 is 16.7 Å². The van der Waals surface area contributed by atoms with Crippen molar-refractivity contribution < 1.29 is 9.90 Å². The van der Waals surface area contributed by atoms with Gasteiger partial charge in [0.1, 0.15) is 5.78 Å². The fourth-order valence-corrected chi connectivity index (χ4v) is 2.01. The summed E-state index contributed by atoms with van der Waals surface area (Å²) in [7, 11) is 1.97. The van der Waals surface area contributed by atoms with Gasteiger partial charge in [0.15, 0.2) is 0 Å². The van der Waals surface area contributed by atoms with E-state index in [1.807, 2.05) is 41.9 Å². The number of aryl methyl sites for hydroxylation is 1. The maximum absolute atomic E-state index is 12.1. The molecule has 3 nitrogen and oxygen atoms in total. The predicted octanol–water partition coefficient (Wildman–Crippen LogP) is 2.31. The second kappa shape index (κ2) is 4.58. The number of aliphatic hydroxyl groups excluding tert-OH is 1. The van der Waals surface area contributed by atoms with Gasteiger partial charge in [-0.15, -0.1) is 0 Å². The molecule has 0 aliphatic rings. The van der Waals surface area contributed by atoms with Crippen molar-refractivity contribution in [3.63, 3.8) is 0 Å². The number of hydrogen-bond acceptors (Lipinski definition) is 2. The SMILES string of the molecule is Cn1c(CC(=O)C(C)(C)CO)cc2ccccc21. The van der Waals surface area contributed by atoms with Crippen LogP contribution in [0.3, 0.4) is 0 Å². The summed E-state index contributed by atoms with van der Waals surface area (Å²) in [5.41, 5.74) is 1.45. The Morgan fingerprint density at radius 3 is 2.61 bits per heavy atom. The molecule has 18 heavy (non-hydrogen) atoms. The Balaban J connectivity index is 2.33. The fraction of sp³-hybridized carbons (Fsp3) is 0.400. The van der Waals surface area contributed by atoms with Crippen LogP contribution in [-0.4, -0.2) is 22.1 Å². The second-order valence-electron chi connectivity index (χ2n) is 5.40.